The Labute approximate surface area is 641 Å². The second-order valence-electron chi connectivity index (χ2n) is 25.9. The molecule has 0 aliphatic carbocycles. The molecule has 0 aromatic carbocycles. The SMILES string of the molecule is O=C(O)CCOCCOCCOCCOCCC(=O)NC(CCC(=O)NCCOCCOCCOCc1cn([C@@H]2CO[C@@H](CO)[C@H](O)[C@@H]2O)nn1)(CCC(=O)NCCOCCOCCOCc1cn([C@H]2CO[C@H](CO)[C@H](O)[C@@H]2O)nn1)CCC(=O)NCCOCCOCCOCc1cn([C@H]2CO[C@H](CO)[C@H](O)[C@@H]2O)nn1. The Bertz CT molecular complexity index is 2740. The third-order valence-electron chi connectivity index (χ3n) is 17.7. The molecule has 3 saturated heterocycles. The van der Waals surface area contributed by atoms with Crippen LogP contribution in [-0.2, 0) is 120 Å². The fourth-order valence-electron chi connectivity index (χ4n) is 11.4. The van der Waals surface area contributed by atoms with Crippen molar-refractivity contribution >= 4 is 29.6 Å². The van der Waals surface area contributed by atoms with Gasteiger partial charge >= 0.3 is 5.97 Å². The Morgan fingerprint density at radius 2 is 0.622 bits per heavy atom. The topological polar surface area (TPSA) is 576 Å². The second kappa shape index (κ2) is 55.3. The summed E-state index contributed by atoms with van der Waals surface area (Å²) in [4.78, 5) is 65.2. The third kappa shape index (κ3) is 36.4. The van der Waals surface area contributed by atoms with Gasteiger partial charge in [0.2, 0.25) is 23.6 Å². The maximum Gasteiger partial charge on any atom is 0.305 e. The van der Waals surface area contributed by atoms with E-state index in [-0.39, 0.29) is 280 Å². The summed E-state index contributed by atoms with van der Waals surface area (Å²) < 4.78 is 93.1. The molecular formula is C67H115N13O31. The molecule has 634 valence electrons. The lowest BCUT2D eigenvalue weighted by Gasteiger charge is -2.36. The number of amides is 4. The molecule has 44 heteroatoms. The van der Waals surface area contributed by atoms with E-state index in [1.807, 2.05) is 0 Å². The number of rotatable bonds is 64. The maximum absolute atomic E-state index is 13.9. The molecule has 111 heavy (non-hydrogen) atoms. The van der Waals surface area contributed by atoms with Gasteiger partial charge in [0, 0.05) is 50.9 Å². The Morgan fingerprint density at radius 1 is 0.360 bits per heavy atom. The van der Waals surface area contributed by atoms with Crippen LogP contribution in [0.15, 0.2) is 18.6 Å². The van der Waals surface area contributed by atoms with Crippen LogP contribution in [0.5, 0.6) is 0 Å². The summed E-state index contributed by atoms with van der Waals surface area (Å²) in [5, 5.41) is 135. The zero-order valence-electron chi connectivity index (χ0n) is 62.6. The number of nitrogens with one attached hydrogen (secondary N) is 4. The van der Waals surface area contributed by atoms with Crippen molar-refractivity contribution in [1.29, 1.82) is 0 Å². The number of aromatic nitrogens is 9. The molecule has 0 saturated carbocycles. The van der Waals surface area contributed by atoms with Crippen LogP contribution in [0.4, 0.5) is 0 Å². The van der Waals surface area contributed by atoms with Gasteiger partial charge in [0.05, 0.1) is 236 Å². The van der Waals surface area contributed by atoms with E-state index in [1.165, 1.54) is 14.0 Å². The molecular weight excluding hydrogens is 1480 g/mol. The van der Waals surface area contributed by atoms with Gasteiger partial charge in [-0.3, -0.25) is 24.0 Å². The first-order valence-corrected chi connectivity index (χ1v) is 37.3. The van der Waals surface area contributed by atoms with Gasteiger partial charge in [-0.1, -0.05) is 15.6 Å². The van der Waals surface area contributed by atoms with Crippen LogP contribution < -0.4 is 21.3 Å². The maximum atomic E-state index is 13.9. The van der Waals surface area contributed by atoms with Crippen molar-refractivity contribution in [2.75, 3.05) is 211 Å². The summed E-state index contributed by atoms with van der Waals surface area (Å²) in [6.45, 7) is 3.74. The molecule has 3 aromatic rings. The standard InChI is InChI=1S/C67H115N13O31/c81-38-53-64(93)61(90)50(44-109-53)78-35-47(72-75-78)41-106-32-29-103-24-19-98-14-9-68-56(84)1-6-67(71-59(87)4-12-96-17-22-101-27-28-102-23-18-97-13-5-60(88)89,7-2-57(85)69-10-15-99-20-25-104-30-33-107-42-48-36-79(76-73-48)51-45-110-54(39-82)65(94)62(51)91)8-3-58(86)70-11-16-100-21-26-105-31-34-108-43-49-37-80(77-74-49)52-46-111-55(40-83)66(95)63(52)92/h35-37,50-55,61-66,81-83,90-95H,1-34,38-46H2,(H,68,84)(H,69,85)(H,70,86)(H,71,87)(H,88,89)/t50-,51-,52+,53+,54+,55-,61+,62+,63+,64-,65-,66-/m0/s1. The normalized spacial score (nSPS) is 22.2. The lowest BCUT2D eigenvalue weighted by Crippen LogP contribution is -2.52. The van der Waals surface area contributed by atoms with Gasteiger partial charge in [0.25, 0.3) is 0 Å². The number of aliphatic carboxylic acids is 1. The fourth-order valence-corrected chi connectivity index (χ4v) is 11.4. The quantitative estimate of drug-likeness (QED) is 0.0234. The number of carbonyl (C=O) groups is 5. The van der Waals surface area contributed by atoms with Crippen LogP contribution in [0.1, 0.15) is 86.6 Å². The van der Waals surface area contributed by atoms with Gasteiger partial charge in [-0.2, -0.15) is 0 Å². The highest BCUT2D eigenvalue weighted by molar-refractivity contribution is 5.80. The third-order valence-corrected chi connectivity index (χ3v) is 17.7. The predicted octanol–water partition coefficient (Wildman–Crippen LogP) is -7.05. The summed E-state index contributed by atoms with van der Waals surface area (Å²) in [6, 6.07) is -2.12. The van der Waals surface area contributed by atoms with Crippen LogP contribution in [-0.4, -0.2) is 397 Å². The number of aliphatic hydroxyl groups excluding tert-OH is 9. The minimum Gasteiger partial charge on any atom is -0.481 e. The van der Waals surface area contributed by atoms with Gasteiger partial charge in [0.1, 0.15) is 90.1 Å². The summed E-state index contributed by atoms with van der Waals surface area (Å²) in [5.74, 6) is -2.58. The first kappa shape index (κ1) is 93.6. The molecule has 12 atom stereocenters. The van der Waals surface area contributed by atoms with Crippen molar-refractivity contribution in [3.05, 3.63) is 35.7 Å². The minimum absolute atomic E-state index is 0.0155. The highest BCUT2D eigenvalue weighted by atomic mass is 16.6. The largest absolute Gasteiger partial charge is 0.481 e. The molecule has 0 spiro atoms. The lowest BCUT2D eigenvalue weighted by atomic mass is 9.83. The van der Waals surface area contributed by atoms with E-state index < -0.39 is 110 Å². The van der Waals surface area contributed by atoms with Crippen molar-refractivity contribution in [1.82, 2.24) is 66.2 Å². The summed E-state index contributed by atoms with van der Waals surface area (Å²) in [6.07, 6.45) is -6.09. The molecule has 6 rings (SSSR count). The average molecular weight is 1600 g/mol. The van der Waals surface area contributed by atoms with Gasteiger partial charge < -0.3 is 148 Å². The molecule has 0 radical (unpaired) electrons. The van der Waals surface area contributed by atoms with Crippen molar-refractivity contribution in [3.8, 4) is 0 Å². The first-order chi connectivity index (χ1) is 53.9. The van der Waals surface area contributed by atoms with Gasteiger partial charge in [-0.05, 0) is 19.3 Å². The molecule has 3 fully saturated rings. The molecule has 3 aromatic heterocycles. The number of carboxylic acid groups (broad SMARTS) is 1. The zero-order valence-corrected chi connectivity index (χ0v) is 62.6. The van der Waals surface area contributed by atoms with Crippen molar-refractivity contribution < 1.29 is 151 Å². The van der Waals surface area contributed by atoms with Gasteiger partial charge in [0.15, 0.2) is 0 Å². The van der Waals surface area contributed by atoms with Crippen LogP contribution >= 0.6 is 0 Å². The molecule has 44 nitrogen and oxygen atoms in total. The minimum atomic E-state index is -1.30. The number of carboxylic acids is 1. The smallest absolute Gasteiger partial charge is 0.305 e. The molecule has 14 N–H and O–H groups in total. The molecule has 0 unspecified atom stereocenters. The molecule has 0 bridgehead atoms. The van der Waals surface area contributed by atoms with Crippen molar-refractivity contribution in [2.45, 2.75) is 150 Å². The van der Waals surface area contributed by atoms with Crippen molar-refractivity contribution in [2.24, 2.45) is 0 Å². The molecule has 3 aliphatic rings. The number of nitrogens with zero attached hydrogens (tertiary/aromatic N) is 9. The average Bonchev–Trinajstić information content (AvgIpc) is 1.79. The summed E-state index contributed by atoms with van der Waals surface area (Å²) in [7, 11) is 0. The van der Waals surface area contributed by atoms with E-state index in [0.29, 0.717) is 17.1 Å². The summed E-state index contributed by atoms with van der Waals surface area (Å²) in [5.41, 5.74) is 0.140. The van der Waals surface area contributed by atoms with E-state index in [4.69, 9.17) is 80.9 Å². The van der Waals surface area contributed by atoms with Crippen LogP contribution in [0.25, 0.3) is 0 Å². The van der Waals surface area contributed by atoms with E-state index in [1.54, 1.807) is 18.6 Å². The van der Waals surface area contributed by atoms with E-state index >= 15 is 0 Å². The Morgan fingerprint density at radius 3 is 0.901 bits per heavy atom. The number of aliphatic hydroxyl groups is 9. The number of hydrogen-bond donors (Lipinski definition) is 14. The number of carbonyl (C=O) groups excluding carboxylic acids is 4. The molecule has 6 heterocycles. The first-order valence-electron chi connectivity index (χ1n) is 37.3. The van der Waals surface area contributed by atoms with Crippen LogP contribution in [0.3, 0.4) is 0 Å². The van der Waals surface area contributed by atoms with Gasteiger partial charge in [-0.25, -0.2) is 14.0 Å². The van der Waals surface area contributed by atoms with Crippen LogP contribution in [0, 0.1) is 0 Å². The zero-order chi connectivity index (χ0) is 79.7. The van der Waals surface area contributed by atoms with Crippen molar-refractivity contribution in [3.63, 3.8) is 0 Å². The fraction of sp³-hybridized carbons (Fsp3) is 0.836. The van der Waals surface area contributed by atoms with E-state index in [9.17, 15) is 69.9 Å². The predicted molar refractivity (Wildman–Crippen MR) is 375 cm³/mol. The van der Waals surface area contributed by atoms with Gasteiger partial charge in [-0.15, -0.1) is 15.3 Å². The Balaban J connectivity index is 0.927. The Kier molecular flexibility index (Phi) is 46.7. The van der Waals surface area contributed by atoms with Crippen LogP contribution in [0.2, 0.25) is 0 Å². The number of ether oxygens (including phenoxy) is 16. The monoisotopic (exact) mass is 1600 g/mol. The highest BCUT2D eigenvalue weighted by Crippen LogP contribution is 2.29. The lowest BCUT2D eigenvalue weighted by molar-refractivity contribution is -0.171. The second-order valence-corrected chi connectivity index (χ2v) is 25.9. The summed E-state index contributed by atoms with van der Waals surface area (Å²) >= 11 is 0. The molecule has 3 aliphatic heterocycles. The molecule has 4 amide bonds. The van der Waals surface area contributed by atoms with E-state index in [0.717, 1.165) is 0 Å². The van der Waals surface area contributed by atoms with E-state index in [2.05, 4.69) is 52.2 Å². The Hall–Kier alpha value is -6.23. The highest BCUT2D eigenvalue weighted by Gasteiger charge is 2.42. The number of hydrogen-bond acceptors (Lipinski definition) is 36.